The molecule has 1 aliphatic carbocycles. The molecule has 2 N–H and O–H groups in total. The van der Waals surface area contributed by atoms with Crippen molar-refractivity contribution in [1.82, 2.24) is 10.6 Å². The number of ether oxygens (including phenoxy) is 1. The van der Waals surface area contributed by atoms with Gasteiger partial charge in [0.1, 0.15) is 0 Å². The SMILES string of the molecule is O=C(NCC1COCCN1)C1CCCCCCC1. The molecule has 0 aromatic heterocycles. The maximum Gasteiger partial charge on any atom is 0.223 e. The van der Waals surface area contributed by atoms with E-state index in [2.05, 4.69) is 10.6 Å². The largest absolute Gasteiger partial charge is 0.378 e. The predicted molar refractivity (Wildman–Crippen MR) is 71.4 cm³/mol. The van der Waals surface area contributed by atoms with Crippen LogP contribution in [0.1, 0.15) is 44.9 Å². The summed E-state index contributed by atoms with van der Waals surface area (Å²) in [6.07, 6.45) is 8.49. The van der Waals surface area contributed by atoms with Crippen LogP contribution in [0.15, 0.2) is 0 Å². The van der Waals surface area contributed by atoms with Gasteiger partial charge < -0.3 is 15.4 Å². The summed E-state index contributed by atoms with van der Waals surface area (Å²) in [5.41, 5.74) is 0. The van der Waals surface area contributed by atoms with Crippen molar-refractivity contribution < 1.29 is 9.53 Å². The first-order valence-corrected chi connectivity index (χ1v) is 7.45. The summed E-state index contributed by atoms with van der Waals surface area (Å²) in [6.45, 7) is 3.09. The molecule has 1 unspecified atom stereocenters. The second-order valence-corrected chi connectivity index (χ2v) is 5.51. The summed E-state index contributed by atoms with van der Waals surface area (Å²) in [6, 6.07) is 0.288. The zero-order chi connectivity index (χ0) is 12.6. The Morgan fingerprint density at radius 2 is 1.89 bits per heavy atom. The van der Waals surface area contributed by atoms with E-state index in [9.17, 15) is 4.79 Å². The first-order chi connectivity index (χ1) is 8.86. The molecular formula is C14H26N2O2. The summed E-state index contributed by atoms with van der Waals surface area (Å²) in [5, 5.41) is 6.45. The van der Waals surface area contributed by atoms with Crippen LogP contribution >= 0.6 is 0 Å². The average molecular weight is 254 g/mol. The van der Waals surface area contributed by atoms with Gasteiger partial charge in [0.05, 0.1) is 13.2 Å². The highest BCUT2D eigenvalue weighted by Gasteiger charge is 2.20. The predicted octanol–water partition coefficient (Wildman–Crippen LogP) is 1.45. The third-order valence-corrected chi connectivity index (χ3v) is 4.00. The quantitative estimate of drug-likeness (QED) is 0.801. The van der Waals surface area contributed by atoms with Crippen LogP contribution in [0, 0.1) is 5.92 Å². The summed E-state index contributed by atoms with van der Waals surface area (Å²) in [5.74, 6) is 0.499. The zero-order valence-corrected chi connectivity index (χ0v) is 11.2. The number of morpholine rings is 1. The fourth-order valence-corrected chi connectivity index (χ4v) is 2.84. The molecule has 104 valence electrons. The molecule has 1 heterocycles. The number of rotatable bonds is 3. The smallest absolute Gasteiger partial charge is 0.223 e. The second-order valence-electron chi connectivity index (χ2n) is 5.51. The van der Waals surface area contributed by atoms with E-state index in [0.717, 1.165) is 26.0 Å². The topological polar surface area (TPSA) is 50.4 Å². The fourth-order valence-electron chi connectivity index (χ4n) is 2.84. The Morgan fingerprint density at radius 3 is 2.56 bits per heavy atom. The molecule has 2 rings (SSSR count). The lowest BCUT2D eigenvalue weighted by Gasteiger charge is -2.25. The van der Waals surface area contributed by atoms with E-state index in [1.807, 2.05) is 0 Å². The molecule has 1 amide bonds. The molecule has 0 aromatic carbocycles. The number of carbonyl (C=O) groups excluding carboxylic acids is 1. The third kappa shape index (κ3) is 4.58. The van der Waals surface area contributed by atoms with Crippen LogP contribution in [-0.2, 0) is 9.53 Å². The van der Waals surface area contributed by atoms with E-state index < -0.39 is 0 Å². The minimum atomic E-state index is 0.245. The molecular weight excluding hydrogens is 228 g/mol. The van der Waals surface area contributed by atoms with Crippen LogP contribution < -0.4 is 10.6 Å². The molecule has 2 aliphatic rings. The van der Waals surface area contributed by atoms with Crippen molar-refractivity contribution >= 4 is 5.91 Å². The lowest BCUT2D eigenvalue weighted by molar-refractivity contribution is -0.125. The fraction of sp³-hybridized carbons (Fsp3) is 0.929. The van der Waals surface area contributed by atoms with Crippen LogP contribution in [0.5, 0.6) is 0 Å². The first kappa shape index (κ1) is 13.8. The summed E-state index contributed by atoms with van der Waals surface area (Å²) >= 11 is 0. The Morgan fingerprint density at radius 1 is 1.17 bits per heavy atom. The van der Waals surface area contributed by atoms with Gasteiger partial charge in [-0.1, -0.05) is 32.1 Å². The normalized spacial score (nSPS) is 27.2. The van der Waals surface area contributed by atoms with Gasteiger partial charge in [-0.25, -0.2) is 0 Å². The van der Waals surface area contributed by atoms with Crippen molar-refractivity contribution in [3.05, 3.63) is 0 Å². The van der Waals surface area contributed by atoms with Gasteiger partial charge in [-0.3, -0.25) is 4.79 Å². The Bertz CT molecular complexity index is 244. The van der Waals surface area contributed by atoms with Crippen molar-refractivity contribution in [2.75, 3.05) is 26.3 Å². The van der Waals surface area contributed by atoms with E-state index in [4.69, 9.17) is 4.74 Å². The van der Waals surface area contributed by atoms with Gasteiger partial charge >= 0.3 is 0 Å². The number of hydrogen-bond acceptors (Lipinski definition) is 3. The van der Waals surface area contributed by atoms with Gasteiger partial charge in [0.25, 0.3) is 0 Å². The van der Waals surface area contributed by atoms with E-state index in [0.29, 0.717) is 13.2 Å². The minimum absolute atomic E-state index is 0.245. The van der Waals surface area contributed by atoms with Gasteiger partial charge in [-0.05, 0) is 12.8 Å². The van der Waals surface area contributed by atoms with Gasteiger partial charge in [-0.15, -0.1) is 0 Å². The Balaban J connectivity index is 1.68. The summed E-state index contributed by atoms with van der Waals surface area (Å²) < 4.78 is 5.38. The highest BCUT2D eigenvalue weighted by molar-refractivity contribution is 5.78. The van der Waals surface area contributed by atoms with Crippen LogP contribution in [0.4, 0.5) is 0 Å². The van der Waals surface area contributed by atoms with E-state index in [-0.39, 0.29) is 17.9 Å². The maximum absolute atomic E-state index is 12.1. The number of hydrogen-bond donors (Lipinski definition) is 2. The van der Waals surface area contributed by atoms with Crippen LogP contribution in [0.3, 0.4) is 0 Å². The molecule has 2 fully saturated rings. The lowest BCUT2D eigenvalue weighted by Crippen LogP contribution is -2.49. The van der Waals surface area contributed by atoms with E-state index in [1.54, 1.807) is 0 Å². The lowest BCUT2D eigenvalue weighted by atomic mass is 9.90. The van der Waals surface area contributed by atoms with Gasteiger partial charge in [0, 0.05) is 25.0 Å². The molecule has 1 saturated heterocycles. The third-order valence-electron chi connectivity index (χ3n) is 4.00. The highest BCUT2D eigenvalue weighted by atomic mass is 16.5. The first-order valence-electron chi connectivity index (χ1n) is 7.45. The Kier molecular flexibility index (Phi) is 5.94. The molecule has 1 atom stereocenters. The molecule has 4 heteroatoms. The van der Waals surface area contributed by atoms with Crippen molar-refractivity contribution in [3.8, 4) is 0 Å². The Labute approximate surface area is 110 Å². The average Bonchev–Trinajstić information content (AvgIpc) is 2.37. The highest BCUT2D eigenvalue weighted by Crippen LogP contribution is 2.22. The molecule has 4 nitrogen and oxygen atoms in total. The van der Waals surface area contributed by atoms with Crippen molar-refractivity contribution in [2.45, 2.75) is 51.0 Å². The summed E-state index contributed by atoms with van der Waals surface area (Å²) in [7, 11) is 0. The van der Waals surface area contributed by atoms with Gasteiger partial charge in [0.15, 0.2) is 0 Å². The van der Waals surface area contributed by atoms with Crippen molar-refractivity contribution in [1.29, 1.82) is 0 Å². The molecule has 0 spiro atoms. The second kappa shape index (κ2) is 7.74. The van der Waals surface area contributed by atoms with E-state index >= 15 is 0 Å². The molecule has 18 heavy (non-hydrogen) atoms. The molecule has 1 aliphatic heterocycles. The Hall–Kier alpha value is -0.610. The van der Waals surface area contributed by atoms with Crippen LogP contribution in [0.25, 0.3) is 0 Å². The van der Waals surface area contributed by atoms with Crippen molar-refractivity contribution in [3.63, 3.8) is 0 Å². The molecule has 1 saturated carbocycles. The van der Waals surface area contributed by atoms with Gasteiger partial charge in [-0.2, -0.15) is 0 Å². The monoisotopic (exact) mass is 254 g/mol. The number of carbonyl (C=O) groups is 1. The van der Waals surface area contributed by atoms with Crippen molar-refractivity contribution in [2.24, 2.45) is 5.92 Å². The molecule has 0 bridgehead atoms. The number of amides is 1. The standard InChI is InChI=1S/C14H26N2O2/c17-14(12-6-4-2-1-3-5-7-12)16-10-13-11-18-9-8-15-13/h12-13,15H,1-11H2,(H,16,17). The zero-order valence-electron chi connectivity index (χ0n) is 11.2. The molecule has 0 aromatic rings. The summed E-state index contributed by atoms with van der Waals surface area (Å²) in [4.78, 5) is 12.1. The molecule has 0 radical (unpaired) electrons. The van der Waals surface area contributed by atoms with E-state index in [1.165, 1.54) is 32.1 Å². The van der Waals surface area contributed by atoms with Crippen LogP contribution in [0.2, 0.25) is 0 Å². The number of nitrogens with one attached hydrogen (secondary N) is 2. The van der Waals surface area contributed by atoms with Crippen LogP contribution in [-0.4, -0.2) is 38.3 Å². The maximum atomic E-state index is 12.1. The minimum Gasteiger partial charge on any atom is -0.378 e. The van der Waals surface area contributed by atoms with Gasteiger partial charge in [0.2, 0.25) is 5.91 Å².